The van der Waals surface area contributed by atoms with Gasteiger partial charge in [0.05, 0.1) is 30.7 Å². The van der Waals surface area contributed by atoms with E-state index in [1.165, 1.54) is 11.8 Å². The number of aryl methyl sites for hydroxylation is 1. The number of hydrogen-bond acceptors (Lipinski definition) is 6. The highest BCUT2D eigenvalue weighted by Gasteiger charge is 2.16. The molecule has 2 rings (SSSR count). The molecule has 0 aliphatic carbocycles. The fourth-order valence-corrected chi connectivity index (χ4v) is 3.24. The van der Waals surface area contributed by atoms with Crippen LogP contribution in [0.4, 0.5) is 0 Å². The molecule has 0 fully saturated rings. The lowest BCUT2D eigenvalue weighted by molar-refractivity contribution is -0.128. The Balaban J connectivity index is 2.04. The summed E-state index contributed by atoms with van der Waals surface area (Å²) in [4.78, 5) is 13.9. The molecule has 7 nitrogen and oxygen atoms in total. The molecule has 1 heterocycles. The first-order chi connectivity index (χ1) is 12.6. The normalized spacial score (nSPS) is 10.2. The lowest BCUT2D eigenvalue weighted by atomic mass is 10.1. The van der Waals surface area contributed by atoms with Crippen molar-refractivity contribution >= 4 is 17.7 Å². The van der Waals surface area contributed by atoms with Crippen LogP contribution in [0.25, 0.3) is 11.4 Å². The van der Waals surface area contributed by atoms with E-state index in [0.29, 0.717) is 18.2 Å². The molecule has 8 heteroatoms. The van der Waals surface area contributed by atoms with Gasteiger partial charge >= 0.3 is 0 Å². The average Bonchev–Trinajstić information content (AvgIpc) is 3.00. The summed E-state index contributed by atoms with van der Waals surface area (Å²) in [6.07, 6.45) is 0.507. The summed E-state index contributed by atoms with van der Waals surface area (Å²) in [5.74, 6) is 0.825. The molecular weight excluding hydrogens is 348 g/mol. The molecule has 0 aliphatic heterocycles. The molecule has 1 aromatic carbocycles. The molecule has 0 unspecified atom stereocenters. The zero-order valence-corrected chi connectivity index (χ0v) is 15.7. The summed E-state index contributed by atoms with van der Waals surface area (Å²) in [7, 11) is 1.87. The van der Waals surface area contributed by atoms with E-state index >= 15 is 0 Å². The molecule has 0 N–H and O–H groups in total. The van der Waals surface area contributed by atoms with Gasteiger partial charge in [0.2, 0.25) is 5.91 Å². The van der Waals surface area contributed by atoms with E-state index in [0.717, 1.165) is 17.0 Å². The minimum absolute atomic E-state index is 0.111. The first-order valence-corrected chi connectivity index (χ1v) is 9.16. The molecule has 0 bridgehead atoms. The summed E-state index contributed by atoms with van der Waals surface area (Å²) >= 11 is 1.30. The van der Waals surface area contributed by atoms with E-state index in [-0.39, 0.29) is 24.5 Å². The number of nitriles is 2. The number of rotatable bonds is 8. The third-order valence-electron chi connectivity index (χ3n) is 3.78. The Hall–Kier alpha value is -2.84. The summed E-state index contributed by atoms with van der Waals surface area (Å²) in [6, 6.07) is 12.1. The molecule has 0 spiro atoms. The molecule has 134 valence electrons. The standard InChI is InChI=1S/C18H20N6OS/c1-14-6-3-7-15(12-14)17-21-22-18(23(17)2)26-13-16(25)24(10-4-8-19)11-5-9-20/h3,6-7,12H,4-5,10-11,13H2,1-2H3. The fourth-order valence-electron chi connectivity index (χ4n) is 2.42. The van der Waals surface area contributed by atoms with Crippen LogP contribution in [0.2, 0.25) is 0 Å². The summed E-state index contributed by atoms with van der Waals surface area (Å²) < 4.78 is 1.86. The van der Waals surface area contributed by atoms with Crippen molar-refractivity contribution in [2.45, 2.75) is 24.9 Å². The maximum absolute atomic E-state index is 12.4. The molecule has 0 atom stereocenters. The van der Waals surface area contributed by atoms with Crippen molar-refractivity contribution in [1.82, 2.24) is 19.7 Å². The highest BCUT2D eigenvalue weighted by molar-refractivity contribution is 7.99. The summed E-state index contributed by atoms with van der Waals surface area (Å²) in [6.45, 7) is 2.70. The second kappa shape index (κ2) is 9.59. The molecular formula is C18H20N6OS. The quantitative estimate of drug-likeness (QED) is 0.664. The number of hydrogen-bond donors (Lipinski definition) is 0. The van der Waals surface area contributed by atoms with Crippen molar-refractivity contribution in [2.75, 3.05) is 18.8 Å². The molecule has 0 aliphatic rings. The van der Waals surface area contributed by atoms with Gasteiger partial charge in [0.15, 0.2) is 11.0 Å². The Labute approximate surface area is 157 Å². The second-order valence-electron chi connectivity index (χ2n) is 5.72. The molecule has 1 aromatic heterocycles. The van der Waals surface area contributed by atoms with Crippen LogP contribution >= 0.6 is 11.8 Å². The topological polar surface area (TPSA) is 98.6 Å². The number of aromatic nitrogens is 3. The first kappa shape index (κ1) is 19.5. The smallest absolute Gasteiger partial charge is 0.233 e. The van der Waals surface area contributed by atoms with E-state index in [1.54, 1.807) is 4.90 Å². The molecule has 26 heavy (non-hydrogen) atoms. The van der Waals surface area contributed by atoms with Crippen molar-refractivity contribution in [2.24, 2.45) is 7.05 Å². The number of benzene rings is 1. The largest absolute Gasteiger partial charge is 0.340 e. The monoisotopic (exact) mass is 368 g/mol. The highest BCUT2D eigenvalue weighted by Crippen LogP contribution is 2.23. The third kappa shape index (κ3) is 5.08. The van der Waals surface area contributed by atoms with Gasteiger partial charge in [-0.1, -0.05) is 35.5 Å². The van der Waals surface area contributed by atoms with E-state index in [9.17, 15) is 4.79 Å². The summed E-state index contributed by atoms with van der Waals surface area (Å²) in [5.41, 5.74) is 2.11. The number of carbonyl (C=O) groups is 1. The van der Waals surface area contributed by atoms with Gasteiger partial charge < -0.3 is 9.47 Å². The molecule has 0 saturated heterocycles. The molecule has 2 aromatic rings. The van der Waals surface area contributed by atoms with E-state index in [2.05, 4.69) is 10.2 Å². The summed E-state index contributed by atoms with van der Waals surface area (Å²) in [5, 5.41) is 26.5. The van der Waals surface area contributed by atoms with Crippen molar-refractivity contribution in [1.29, 1.82) is 10.5 Å². The Kier molecular flexibility index (Phi) is 7.19. The van der Waals surface area contributed by atoms with Crippen LogP contribution in [-0.4, -0.2) is 44.4 Å². The average molecular weight is 368 g/mol. The van der Waals surface area contributed by atoms with Gasteiger partial charge in [-0.15, -0.1) is 10.2 Å². The van der Waals surface area contributed by atoms with Crippen LogP contribution in [0.3, 0.4) is 0 Å². The van der Waals surface area contributed by atoms with Gasteiger partial charge in [-0.25, -0.2) is 0 Å². The van der Waals surface area contributed by atoms with E-state index in [4.69, 9.17) is 10.5 Å². The first-order valence-electron chi connectivity index (χ1n) is 8.17. The minimum atomic E-state index is -0.111. The minimum Gasteiger partial charge on any atom is -0.340 e. The van der Waals surface area contributed by atoms with Crippen LogP contribution in [0.1, 0.15) is 18.4 Å². The zero-order chi connectivity index (χ0) is 18.9. The Morgan fingerprint density at radius 2 is 1.92 bits per heavy atom. The van der Waals surface area contributed by atoms with Crippen LogP contribution in [0.15, 0.2) is 29.4 Å². The third-order valence-corrected chi connectivity index (χ3v) is 4.78. The van der Waals surface area contributed by atoms with Crippen LogP contribution in [0.5, 0.6) is 0 Å². The van der Waals surface area contributed by atoms with Crippen molar-refractivity contribution in [3.05, 3.63) is 29.8 Å². The van der Waals surface area contributed by atoms with Gasteiger partial charge in [-0.2, -0.15) is 10.5 Å². The van der Waals surface area contributed by atoms with E-state index in [1.807, 2.05) is 54.9 Å². The predicted molar refractivity (Wildman–Crippen MR) is 98.9 cm³/mol. The Morgan fingerprint density at radius 1 is 1.23 bits per heavy atom. The Morgan fingerprint density at radius 3 is 2.54 bits per heavy atom. The van der Waals surface area contributed by atoms with Crippen LogP contribution in [0, 0.1) is 29.6 Å². The van der Waals surface area contributed by atoms with Gasteiger partial charge in [-0.3, -0.25) is 4.79 Å². The van der Waals surface area contributed by atoms with Crippen molar-refractivity contribution < 1.29 is 4.79 Å². The molecule has 0 saturated carbocycles. The second-order valence-corrected chi connectivity index (χ2v) is 6.66. The number of carbonyl (C=O) groups excluding carboxylic acids is 1. The van der Waals surface area contributed by atoms with E-state index < -0.39 is 0 Å². The predicted octanol–water partition coefficient (Wildman–Crippen LogP) is 2.54. The van der Waals surface area contributed by atoms with Crippen molar-refractivity contribution in [3.63, 3.8) is 0 Å². The fraction of sp³-hybridized carbons (Fsp3) is 0.389. The highest BCUT2D eigenvalue weighted by atomic mass is 32.2. The van der Waals surface area contributed by atoms with Gasteiger partial charge in [0.25, 0.3) is 0 Å². The SMILES string of the molecule is Cc1cccc(-c2nnc(SCC(=O)N(CCC#N)CCC#N)n2C)c1. The molecule has 0 radical (unpaired) electrons. The lowest BCUT2D eigenvalue weighted by Gasteiger charge is -2.19. The molecule has 1 amide bonds. The number of amides is 1. The van der Waals surface area contributed by atoms with Crippen molar-refractivity contribution in [3.8, 4) is 23.5 Å². The van der Waals surface area contributed by atoms with Crippen LogP contribution in [-0.2, 0) is 11.8 Å². The van der Waals surface area contributed by atoms with Gasteiger partial charge in [0, 0.05) is 25.7 Å². The van der Waals surface area contributed by atoms with Gasteiger partial charge in [0.1, 0.15) is 0 Å². The lowest BCUT2D eigenvalue weighted by Crippen LogP contribution is -2.34. The number of thioether (sulfide) groups is 1. The zero-order valence-electron chi connectivity index (χ0n) is 14.8. The van der Waals surface area contributed by atoms with Crippen LogP contribution < -0.4 is 0 Å². The number of nitrogens with zero attached hydrogens (tertiary/aromatic N) is 6. The maximum Gasteiger partial charge on any atom is 0.233 e. The Bertz CT molecular complexity index is 830. The van der Waals surface area contributed by atoms with Gasteiger partial charge in [-0.05, 0) is 13.0 Å². The maximum atomic E-state index is 12.4.